The largest absolute Gasteiger partial charge is 0.399 e. The molecule has 3 rings (SSSR count). The van der Waals surface area contributed by atoms with Gasteiger partial charge in [0.1, 0.15) is 0 Å². The van der Waals surface area contributed by atoms with Gasteiger partial charge >= 0.3 is 0 Å². The molecule has 6 nitrogen and oxygen atoms in total. The van der Waals surface area contributed by atoms with E-state index >= 15 is 0 Å². The third-order valence-corrected chi connectivity index (χ3v) is 5.67. The van der Waals surface area contributed by atoms with E-state index < -0.39 is 10.0 Å². The number of hydrogen-bond acceptors (Lipinski definition) is 4. The molecule has 0 saturated heterocycles. The zero-order valence-corrected chi connectivity index (χ0v) is 13.5. The van der Waals surface area contributed by atoms with E-state index in [0.717, 1.165) is 0 Å². The number of nitrogens with zero attached hydrogens (tertiary/aromatic N) is 2. The monoisotopic (exact) mass is 331 g/mol. The summed E-state index contributed by atoms with van der Waals surface area (Å²) >= 11 is 0. The number of rotatable bonds is 2. The Balaban J connectivity index is 2.16. The molecule has 0 atom stereocenters. The molecule has 0 spiro atoms. The Kier molecular flexibility index (Phi) is 3.73. The van der Waals surface area contributed by atoms with Crippen molar-refractivity contribution in [1.29, 1.82) is 0 Å². The lowest BCUT2D eigenvalue weighted by Crippen LogP contribution is -2.32. The van der Waals surface area contributed by atoms with Crippen LogP contribution in [-0.2, 0) is 14.8 Å². The van der Waals surface area contributed by atoms with Crippen LogP contribution in [0.1, 0.15) is 6.42 Å². The first-order valence-corrected chi connectivity index (χ1v) is 8.59. The summed E-state index contributed by atoms with van der Waals surface area (Å²) in [5.41, 5.74) is 7.15. The number of nitrogen functional groups attached to an aromatic ring is 1. The molecule has 0 fully saturated rings. The summed E-state index contributed by atoms with van der Waals surface area (Å²) in [5.74, 6) is -0.122. The Morgan fingerprint density at radius 3 is 2.43 bits per heavy atom. The van der Waals surface area contributed by atoms with Gasteiger partial charge in [-0.2, -0.15) is 0 Å². The number of hydrogen-bond donors (Lipinski definition) is 1. The van der Waals surface area contributed by atoms with Crippen LogP contribution >= 0.6 is 0 Å². The van der Waals surface area contributed by atoms with Crippen LogP contribution in [-0.4, -0.2) is 27.9 Å². The third-order valence-electron chi connectivity index (χ3n) is 3.86. The van der Waals surface area contributed by atoms with E-state index in [9.17, 15) is 13.2 Å². The maximum atomic E-state index is 13.0. The molecule has 1 amide bonds. The summed E-state index contributed by atoms with van der Waals surface area (Å²) in [6.45, 7) is 0.0946. The molecule has 0 aromatic heterocycles. The fourth-order valence-corrected chi connectivity index (χ4v) is 4.17. The van der Waals surface area contributed by atoms with Gasteiger partial charge in [0.25, 0.3) is 10.0 Å². The molecule has 120 valence electrons. The molecule has 0 aliphatic carbocycles. The SMILES string of the molecule is CN1C(=O)CCN(S(=O)(=O)c2cccc(N)c2)c2ccccc21. The molecule has 1 heterocycles. The van der Waals surface area contributed by atoms with Gasteiger partial charge in [0.2, 0.25) is 5.91 Å². The summed E-state index contributed by atoms with van der Waals surface area (Å²) in [6, 6.07) is 13.1. The van der Waals surface area contributed by atoms with Crippen LogP contribution in [0.25, 0.3) is 0 Å². The Bertz CT molecular complexity index is 864. The van der Waals surface area contributed by atoms with Gasteiger partial charge in [-0.3, -0.25) is 9.10 Å². The Labute approximate surface area is 135 Å². The van der Waals surface area contributed by atoms with Gasteiger partial charge in [0.05, 0.1) is 16.3 Å². The van der Waals surface area contributed by atoms with Gasteiger partial charge in [0, 0.05) is 25.7 Å². The van der Waals surface area contributed by atoms with Crippen molar-refractivity contribution in [2.24, 2.45) is 0 Å². The molecular weight excluding hydrogens is 314 g/mol. The molecule has 2 N–H and O–H groups in total. The molecule has 1 aliphatic rings. The van der Waals surface area contributed by atoms with Crippen molar-refractivity contribution in [3.05, 3.63) is 48.5 Å². The summed E-state index contributed by atoms with van der Waals surface area (Å²) in [5, 5.41) is 0. The lowest BCUT2D eigenvalue weighted by Gasteiger charge is -2.25. The summed E-state index contributed by atoms with van der Waals surface area (Å²) in [4.78, 5) is 13.7. The van der Waals surface area contributed by atoms with Gasteiger partial charge < -0.3 is 10.6 Å². The number of carbonyl (C=O) groups is 1. The number of nitrogens with two attached hydrogens (primary N) is 1. The summed E-state index contributed by atoms with van der Waals surface area (Å²) in [7, 11) is -2.14. The van der Waals surface area contributed by atoms with Crippen LogP contribution < -0.4 is 14.9 Å². The van der Waals surface area contributed by atoms with E-state index in [1.165, 1.54) is 21.3 Å². The molecule has 0 bridgehead atoms. The second-order valence-electron chi connectivity index (χ2n) is 5.34. The summed E-state index contributed by atoms with van der Waals surface area (Å²) < 4.78 is 27.3. The van der Waals surface area contributed by atoms with Gasteiger partial charge in [-0.15, -0.1) is 0 Å². The average molecular weight is 331 g/mol. The Morgan fingerprint density at radius 1 is 1.04 bits per heavy atom. The van der Waals surface area contributed by atoms with E-state index in [-0.39, 0.29) is 23.8 Å². The van der Waals surface area contributed by atoms with Crippen LogP contribution in [0, 0.1) is 0 Å². The average Bonchev–Trinajstić information content (AvgIpc) is 2.66. The first kappa shape index (κ1) is 15.4. The van der Waals surface area contributed by atoms with Crippen LogP contribution in [0.3, 0.4) is 0 Å². The molecular formula is C16H17N3O3S. The number of para-hydroxylation sites is 2. The molecule has 23 heavy (non-hydrogen) atoms. The van der Waals surface area contributed by atoms with Crippen molar-refractivity contribution in [3.63, 3.8) is 0 Å². The van der Waals surface area contributed by atoms with Crippen molar-refractivity contribution in [3.8, 4) is 0 Å². The fourth-order valence-electron chi connectivity index (χ4n) is 2.63. The van der Waals surface area contributed by atoms with E-state index in [0.29, 0.717) is 17.1 Å². The first-order valence-electron chi connectivity index (χ1n) is 7.15. The highest BCUT2D eigenvalue weighted by Gasteiger charge is 2.31. The van der Waals surface area contributed by atoms with Crippen molar-refractivity contribution < 1.29 is 13.2 Å². The lowest BCUT2D eigenvalue weighted by atomic mass is 10.2. The maximum Gasteiger partial charge on any atom is 0.264 e. The predicted molar refractivity (Wildman–Crippen MR) is 89.9 cm³/mol. The van der Waals surface area contributed by atoms with Crippen LogP contribution in [0.2, 0.25) is 0 Å². The van der Waals surface area contributed by atoms with Crippen LogP contribution in [0.5, 0.6) is 0 Å². The van der Waals surface area contributed by atoms with Crippen molar-refractivity contribution in [2.45, 2.75) is 11.3 Å². The van der Waals surface area contributed by atoms with Gasteiger partial charge in [-0.1, -0.05) is 18.2 Å². The van der Waals surface area contributed by atoms with E-state index in [1.54, 1.807) is 43.4 Å². The van der Waals surface area contributed by atoms with Crippen LogP contribution in [0.15, 0.2) is 53.4 Å². The number of amides is 1. The Morgan fingerprint density at radius 2 is 1.74 bits per heavy atom. The van der Waals surface area contributed by atoms with E-state index in [4.69, 9.17) is 5.73 Å². The predicted octanol–water partition coefficient (Wildman–Crippen LogP) is 1.83. The minimum atomic E-state index is -3.79. The number of sulfonamides is 1. The number of benzene rings is 2. The molecule has 2 aromatic carbocycles. The maximum absolute atomic E-state index is 13.0. The Hall–Kier alpha value is -2.54. The normalized spacial score (nSPS) is 15.3. The molecule has 1 aliphatic heterocycles. The smallest absolute Gasteiger partial charge is 0.264 e. The minimum absolute atomic E-state index is 0.0946. The zero-order chi connectivity index (χ0) is 16.6. The third kappa shape index (κ3) is 2.63. The standard InChI is InChI=1S/C16H17N3O3S/c1-18-14-7-2-3-8-15(14)19(10-9-16(18)20)23(21,22)13-6-4-5-12(17)11-13/h2-8,11H,9-10,17H2,1H3. The van der Waals surface area contributed by atoms with Gasteiger partial charge in [-0.25, -0.2) is 8.42 Å². The molecule has 7 heteroatoms. The highest BCUT2D eigenvalue weighted by Crippen LogP contribution is 2.35. The first-order chi connectivity index (χ1) is 10.9. The summed E-state index contributed by atoms with van der Waals surface area (Å²) in [6.07, 6.45) is 0.118. The lowest BCUT2D eigenvalue weighted by molar-refractivity contribution is -0.118. The number of fused-ring (bicyclic) bond motifs is 1. The quantitative estimate of drug-likeness (QED) is 0.851. The minimum Gasteiger partial charge on any atom is -0.399 e. The molecule has 0 saturated carbocycles. The molecule has 2 aromatic rings. The highest BCUT2D eigenvalue weighted by molar-refractivity contribution is 7.92. The highest BCUT2D eigenvalue weighted by atomic mass is 32.2. The van der Waals surface area contributed by atoms with Crippen molar-refractivity contribution >= 4 is 33.0 Å². The fraction of sp³-hybridized carbons (Fsp3) is 0.188. The molecule has 0 unspecified atom stereocenters. The second-order valence-corrected chi connectivity index (χ2v) is 7.20. The van der Waals surface area contributed by atoms with Crippen LogP contribution in [0.4, 0.5) is 17.1 Å². The molecule has 0 radical (unpaired) electrons. The second kappa shape index (κ2) is 5.58. The van der Waals surface area contributed by atoms with Crippen molar-refractivity contribution in [2.75, 3.05) is 28.5 Å². The zero-order valence-electron chi connectivity index (χ0n) is 12.6. The number of carbonyl (C=O) groups excluding carboxylic acids is 1. The van der Waals surface area contributed by atoms with Gasteiger partial charge in [-0.05, 0) is 30.3 Å². The van der Waals surface area contributed by atoms with E-state index in [1.807, 2.05) is 0 Å². The topological polar surface area (TPSA) is 83.7 Å². The number of anilines is 3. The van der Waals surface area contributed by atoms with Gasteiger partial charge in [0.15, 0.2) is 0 Å². The van der Waals surface area contributed by atoms with Crippen molar-refractivity contribution in [1.82, 2.24) is 0 Å². The van der Waals surface area contributed by atoms with E-state index in [2.05, 4.69) is 0 Å².